The lowest BCUT2D eigenvalue weighted by atomic mass is 9.91. The third-order valence-electron chi connectivity index (χ3n) is 3.75. The summed E-state index contributed by atoms with van der Waals surface area (Å²) in [6, 6.07) is 0.0854. The highest BCUT2D eigenvalue weighted by Gasteiger charge is 2.29. The van der Waals surface area contributed by atoms with Crippen LogP contribution in [0.3, 0.4) is 0 Å². The fourth-order valence-corrected chi connectivity index (χ4v) is 2.68. The number of hydrogen-bond donors (Lipinski definition) is 2. The van der Waals surface area contributed by atoms with E-state index in [0.29, 0.717) is 17.4 Å². The van der Waals surface area contributed by atoms with E-state index in [-0.39, 0.29) is 12.1 Å². The fourth-order valence-electron chi connectivity index (χ4n) is 2.68. The molecule has 1 aromatic rings. The summed E-state index contributed by atoms with van der Waals surface area (Å²) in [6.45, 7) is 0. The second kappa shape index (κ2) is 6.06. The Balaban J connectivity index is 2.29. The summed E-state index contributed by atoms with van der Waals surface area (Å²) in [4.78, 5) is 10.5. The number of aliphatic hydroxyl groups is 1. The van der Waals surface area contributed by atoms with Crippen LogP contribution in [0.2, 0.25) is 0 Å². The van der Waals surface area contributed by atoms with Crippen molar-refractivity contribution in [1.82, 2.24) is 9.97 Å². The minimum atomic E-state index is -0.309. The Morgan fingerprint density at radius 1 is 1.37 bits per heavy atom. The minimum Gasteiger partial charge on any atom is -0.490 e. The number of aliphatic hydroxyl groups excluding tert-OH is 1. The first-order chi connectivity index (χ1) is 9.19. The minimum absolute atomic E-state index is 0.0854. The van der Waals surface area contributed by atoms with E-state index in [1.54, 1.807) is 14.2 Å². The average molecular weight is 266 g/mol. The molecule has 0 aliphatic heterocycles. The monoisotopic (exact) mass is 266 g/mol. The van der Waals surface area contributed by atoms with Crippen LogP contribution in [0.1, 0.15) is 25.7 Å². The average Bonchev–Trinajstić information content (AvgIpc) is 2.46. The summed E-state index contributed by atoms with van der Waals surface area (Å²) in [7, 11) is 5.35. The van der Waals surface area contributed by atoms with E-state index >= 15 is 0 Å². The molecule has 6 heteroatoms. The summed E-state index contributed by atoms with van der Waals surface area (Å²) < 4.78 is 5.40. The molecule has 1 saturated carbocycles. The zero-order chi connectivity index (χ0) is 13.8. The Bertz CT molecular complexity index is 427. The molecule has 0 spiro atoms. The highest BCUT2D eigenvalue weighted by Crippen LogP contribution is 2.34. The second-order valence-electron chi connectivity index (χ2n) is 4.86. The van der Waals surface area contributed by atoms with Gasteiger partial charge in [0.15, 0.2) is 11.6 Å². The van der Waals surface area contributed by atoms with Gasteiger partial charge in [-0.2, -0.15) is 0 Å². The van der Waals surface area contributed by atoms with Gasteiger partial charge in [0.1, 0.15) is 6.33 Å². The van der Waals surface area contributed by atoms with Crippen LogP contribution >= 0.6 is 0 Å². The van der Waals surface area contributed by atoms with Gasteiger partial charge >= 0.3 is 0 Å². The van der Waals surface area contributed by atoms with Gasteiger partial charge in [-0.05, 0) is 12.8 Å². The normalized spacial score (nSPS) is 22.9. The van der Waals surface area contributed by atoms with E-state index in [4.69, 9.17) is 4.74 Å². The van der Waals surface area contributed by atoms with E-state index in [2.05, 4.69) is 15.3 Å². The van der Waals surface area contributed by atoms with Crippen LogP contribution in [0.25, 0.3) is 0 Å². The zero-order valence-electron chi connectivity index (χ0n) is 11.8. The first-order valence-corrected chi connectivity index (χ1v) is 6.66. The molecule has 2 unspecified atom stereocenters. The molecule has 0 bridgehead atoms. The van der Waals surface area contributed by atoms with Crippen LogP contribution in [-0.2, 0) is 0 Å². The number of rotatable bonds is 4. The van der Waals surface area contributed by atoms with Gasteiger partial charge in [0.05, 0.1) is 19.3 Å². The third kappa shape index (κ3) is 2.73. The van der Waals surface area contributed by atoms with E-state index < -0.39 is 0 Å². The summed E-state index contributed by atoms with van der Waals surface area (Å²) in [6.07, 6.45) is 5.25. The molecule has 0 amide bonds. The molecule has 6 nitrogen and oxygen atoms in total. The molecule has 19 heavy (non-hydrogen) atoms. The Morgan fingerprint density at radius 3 is 2.74 bits per heavy atom. The van der Waals surface area contributed by atoms with Crippen molar-refractivity contribution < 1.29 is 9.84 Å². The summed E-state index contributed by atoms with van der Waals surface area (Å²) >= 11 is 0. The maximum Gasteiger partial charge on any atom is 0.204 e. The molecule has 1 aliphatic carbocycles. The lowest BCUT2D eigenvalue weighted by molar-refractivity contribution is 0.105. The van der Waals surface area contributed by atoms with Gasteiger partial charge < -0.3 is 20.1 Å². The molecule has 1 heterocycles. The quantitative estimate of drug-likeness (QED) is 0.855. The number of anilines is 2. The van der Waals surface area contributed by atoms with Crippen molar-refractivity contribution in [3.8, 4) is 5.75 Å². The Kier molecular flexibility index (Phi) is 4.42. The SMILES string of the molecule is CNc1ncnc(N(C)C2CCCCC2O)c1OC. The summed E-state index contributed by atoms with van der Waals surface area (Å²) in [5.74, 6) is 1.99. The van der Waals surface area contributed by atoms with Crippen molar-refractivity contribution in [2.24, 2.45) is 0 Å². The number of likely N-dealkylation sites (N-methyl/N-ethyl adjacent to an activating group) is 1. The van der Waals surface area contributed by atoms with Gasteiger partial charge in [-0.3, -0.25) is 0 Å². The van der Waals surface area contributed by atoms with Crippen molar-refractivity contribution in [3.05, 3.63) is 6.33 Å². The molecule has 2 atom stereocenters. The predicted octanol–water partition coefficient (Wildman–Crippen LogP) is 1.27. The van der Waals surface area contributed by atoms with Crippen LogP contribution in [0.4, 0.5) is 11.6 Å². The maximum atomic E-state index is 10.1. The third-order valence-corrected chi connectivity index (χ3v) is 3.75. The second-order valence-corrected chi connectivity index (χ2v) is 4.86. The van der Waals surface area contributed by atoms with Gasteiger partial charge in [-0.25, -0.2) is 9.97 Å². The number of nitrogens with one attached hydrogen (secondary N) is 1. The highest BCUT2D eigenvalue weighted by molar-refractivity contribution is 5.64. The van der Waals surface area contributed by atoms with Gasteiger partial charge in [0.25, 0.3) is 0 Å². The molecule has 1 aliphatic rings. The largest absolute Gasteiger partial charge is 0.490 e. The Morgan fingerprint density at radius 2 is 2.11 bits per heavy atom. The lowest BCUT2D eigenvalue weighted by Crippen LogP contribution is -2.44. The molecule has 1 aromatic heterocycles. The number of methoxy groups -OCH3 is 1. The number of nitrogens with zero attached hydrogens (tertiary/aromatic N) is 3. The predicted molar refractivity (Wildman–Crippen MR) is 74.8 cm³/mol. The van der Waals surface area contributed by atoms with Gasteiger partial charge in [-0.15, -0.1) is 0 Å². The van der Waals surface area contributed by atoms with E-state index in [1.807, 2.05) is 11.9 Å². The maximum absolute atomic E-state index is 10.1. The standard InChI is InChI=1S/C13H22N4O2/c1-14-12-11(19-3)13(16-8-15-12)17(2)9-6-4-5-7-10(9)18/h8-10,18H,4-7H2,1-3H3,(H,14,15,16). The molecule has 0 saturated heterocycles. The highest BCUT2D eigenvalue weighted by atomic mass is 16.5. The van der Waals surface area contributed by atoms with Crippen molar-refractivity contribution in [2.75, 3.05) is 31.4 Å². The summed E-state index contributed by atoms with van der Waals surface area (Å²) in [5.41, 5.74) is 0. The van der Waals surface area contributed by atoms with Gasteiger partial charge in [-0.1, -0.05) is 12.8 Å². The smallest absolute Gasteiger partial charge is 0.204 e. The Labute approximate surface area is 113 Å². The van der Waals surface area contributed by atoms with Crippen molar-refractivity contribution in [2.45, 2.75) is 37.8 Å². The van der Waals surface area contributed by atoms with Crippen LogP contribution in [0.15, 0.2) is 6.33 Å². The van der Waals surface area contributed by atoms with Crippen molar-refractivity contribution >= 4 is 11.6 Å². The van der Waals surface area contributed by atoms with Crippen molar-refractivity contribution in [1.29, 1.82) is 0 Å². The number of ether oxygens (including phenoxy) is 1. The summed E-state index contributed by atoms with van der Waals surface area (Å²) in [5, 5.41) is 13.1. The molecule has 2 rings (SSSR count). The molecule has 2 N–H and O–H groups in total. The fraction of sp³-hybridized carbons (Fsp3) is 0.692. The lowest BCUT2D eigenvalue weighted by Gasteiger charge is -2.36. The van der Waals surface area contributed by atoms with Crippen LogP contribution in [0.5, 0.6) is 5.75 Å². The first-order valence-electron chi connectivity index (χ1n) is 6.66. The van der Waals surface area contributed by atoms with Crippen molar-refractivity contribution in [3.63, 3.8) is 0 Å². The van der Waals surface area contributed by atoms with Gasteiger partial charge in [0, 0.05) is 14.1 Å². The molecular weight excluding hydrogens is 244 g/mol. The molecule has 106 valence electrons. The molecule has 0 aromatic carbocycles. The molecule has 1 fully saturated rings. The molecular formula is C13H22N4O2. The number of hydrogen-bond acceptors (Lipinski definition) is 6. The van der Waals surface area contributed by atoms with E-state index in [9.17, 15) is 5.11 Å². The van der Waals surface area contributed by atoms with Crippen LogP contribution in [-0.4, -0.2) is 48.4 Å². The topological polar surface area (TPSA) is 70.5 Å². The van der Waals surface area contributed by atoms with Crippen LogP contribution in [0, 0.1) is 0 Å². The first kappa shape index (κ1) is 13.9. The Hall–Kier alpha value is -1.56. The zero-order valence-corrected chi connectivity index (χ0v) is 11.8. The van der Waals surface area contributed by atoms with E-state index in [1.165, 1.54) is 6.33 Å². The van der Waals surface area contributed by atoms with E-state index in [0.717, 1.165) is 25.7 Å². The number of aromatic nitrogens is 2. The van der Waals surface area contributed by atoms with Crippen LogP contribution < -0.4 is 15.0 Å². The molecule has 0 radical (unpaired) electrons. The van der Waals surface area contributed by atoms with Gasteiger partial charge in [0.2, 0.25) is 5.75 Å².